The van der Waals surface area contributed by atoms with Gasteiger partial charge in [-0.1, -0.05) is 26.0 Å². The van der Waals surface area contributed by atoms with Gasteiger partial charge < -0.3 is 24.0 Å². The summed E-state index contributed by atoms with van der Waals surface area (Å²) in [5.41, 5.74) is 4.48. The molecule has 40 heavy (non-hydrogen) atoms. The normalized spacial score (nSPS) is 12.8. The smallest absolute Gasteiger partial charge is 0.274 e. The van der Waals surface area contributed by atoms with E-state index in [0.717, 1.165) is 28.9 Å². The maximum Gasteiger partial charge on any atom is 0.274 e. The molecule has 1 atom stereocenters. The maximum atomic E-state index is 13.8. The number of aromatic nitrogens is 3. The molecule has 0 radical (unpaired) electrons. The number of nitrogens with one attached hydrogen (secondary N) is 1. The van der Waals surface area contributed by atoms with Gasteiger partial charge in [0.05, 0.1) is 30.9 Å². The van der Waals surface area contributed by atoms with Gasteiger partial charge in [0.15, 0.2) is 8.32 Å². The van der Waals surface area contributed by atoms with E-state index in [1.165, 1.54) is 12.1 Å². The Labute approximate surface area is 236 Å². The molecule has 2 heterocycles. The first kappa shape index (κ1) is 29.3. The highest BCUT2D eigenvalue weighted by Crippen LogP contribution is 2.40. The van der Waals surface area contributed by atoms with Crippen molar-refractivity contribution in [2.24, 2.45) is 0 Å². The monoisotopic (exact) mass is 562 g/mol. The number of ether oxygens (including phenoxy) is 1. The summed E-state index contributed by atoms with van der Waals surface area (Å²) in [5.74, 6) is 0.316. The minimum absolute atomic E-state index is 0.190. The van der Waals surface area contributed by atoms with Crippen molar-refractivity contribution in [1.82, 2.24) is 14.1 Å². The fourth-order valence-corrected chi connectivity index (χ4v) is 5.25. The molecule has 0 saturated heterocycles. The molecule has 0 aliphatic carbocycles. The molecule has 0 unspecified atom stereocenters. The highest BCUT2D eigenvalue weighted by atomic mass is 28.4. The molecule has 0 fully saturated rings. The van der Waals surface area contributed by atoms with Crippen molar-refractivity contribution in [3.8, 4) is 11.4 Å². The minimum Gasteiger partial charge on any atom is -0.494 e. The molecular formula is C31H39FN4O3Si. The fourth-order valence-electron chi connectivity index (χ4n) is 4.52. The summed E-state index contributed by atoms with van der Waals surface area (Å²) in [4.78, 5) is 28.9. The first-order chi connectivity index (χ1) is 18.8. The molecule has 0 aliphatic heterocycles. The minimum atomic E-state index is -2.40. The summed E-state index contributed by atoms with van der Waals surface area (Å²) in [6.45, 7) is 12.0. The van der Waals surface area contributed by atoms with E-state index in [0.29, 0.717) is 23.5 Å². The quantitative estimate of drug-likeness (QED) is 0.209. The van der Waals surface area contributed by atoms with Crippen LogP contribution in [0.15, 0.2) is 72.0 Å². The van der Waals surface area contributed by atoms with Gasteiger partial charge in [0, 0.05) is 24.1 Å². The Hall–Kier alpha value is -3.69. The van der Waals surface area contributed by atoms with Crippen molar-refractivity contribution in [1.29, 1.82) is 0 Å². The number of halogens is 1. The molecule has 2 aromatic heterocycles. The molecule has 9 heteroatoms. The average molecular weight is 563 g/mol. The van der Waals surface area contributed by atoms with E-state index in [4.69, 9.17) is 4.74 Å². The summed E-state index contributed by atoms with van der Waals surface area (Å²) in [5, 5.41) is 3.11. The molecule has 0 saturated carbocycles. The number of hydrogen-bond acceptors (Lipinski definition) is 5. The number of pyridine rings is 1. The summed E-state index contributed by atoms with van der Waals surface area (Å²) < 4.78 is 22.8. The first-order valence-corrected chi connectivity index (χ1v) is 16.4. The first-order valence-electron chi connectivity index (χ1n) is 13.5. The van der Waals surface area contributed by atoms with Crippen LogP contribution in [-0.2, 0) is 6.42 Å². The van der Waals surface area contributed by atoms with Crippen molar-refractivity contribution in [2.45, 2.75) is 64.7 Å². The second kappa shape index (κ2) is 11.4. The summed E-state index contributed by atoms with van der Waals surface area (Å²) >= 11 is 0. The number of rotatable bonds is 10. The molecule has 0 amide bonds. The lowest BCUT2D eigenvalue weighted by atomic mass is 10.0. The van der Waals surface area contributed by atoms with Gasteiger partial charge in [-0.2, -0.15) is 0 Å². The molecule has 0 spiro atoms. The zero-order valence-electron chi connectivity index (χ0n) is 24.3. The van der Waals surface area contributed by atoms with Crippen LogP contribution < -0.4 is 15.6 Å². The predicted octanol–water partition coefficient (Wildman–Crippen LogP) is 6.75. The molecule has 0 aliphatic rings. The van der Waals surface area contributed by atoms with Gasteiger partial charge in [-0.15, -0.1) is 0 Å². The highest BCUT2D eigenvalue weighted by molar-refractivity contribution is 6.72. The van der Waals surface area contributed by atoms with Crippen molar-refractivity contribution >= 4 is 19.7 Å². The Morgan fingerprint density at radius 3 is 2.42 bits per heavy atom. The molecule has 4 rings (SSSR count). The number of methoxy groups -OCH3 is 1. The maximum absolute atomic E-state index is 13.8. The van der Waals surface area contributed by atoms with Crippen LogP contribution in [0.2, 0.25) is 18.1 Å². The van der Waals surface area contributed by atoms with Gasteiger partial charge in [0.25, 0.3) is 5.56 Å². The lowest BCUT2D eigenvalue weighted by Crippen LogP contribution is -2.39. The third-order valence-electron chi connectivity index (χ3n) is 8.01. The SMILES string of the molecule is COc1cc(Nc2cc(CCC(C)(C)[Si](C)(C)O)cn([C@@H](C)c3ccc(F)cc3)c2=O)ccc1-n1cnc(C)c1. The van der Waals surface area contributed by atoms with Gasteiger partial charge in [0.2, 0.25) is 0 Å². The van der Waals surface area contributed by atoms with Crippen LogP contribution in [0.4, 0.5) is 15.8 Å². The van der Waals surface area contributed by atoms with Gasteiger partial charge in [-0.3, -0.25) is 4.79 Å². The van der Waals surface area contributed by atoms with E-state index in [-0.39, 0.29) is 22.5 Å². The molecular weight excluding hydrogens is 523 g/mol. The van der Waals surface area contributed by atoms with Crippen LogP contribution in [0.3, 0.4) is 0 Å². The van der Waals surface area contributed by atoms with Crippen LogP contribution in [0.1, 0.15) is 50.1 Å². The van der Waals surface area contributed by atoms with E-state index in [2.05, 4.69) is 24.1 Å². The van der Waals surface area contributed by atoms with Crippen LogP contribution in [-0.4, -0.2) is 34.3 Å². The van der Waals surface area contributed by atoms with Crippen molar-refractivity contribution in [3.05, 3.63) is 100 Å². The van der Waals surface area contributed by atoms with Crippen molar-refractivity contribution < 1.29 is 13.9 Å². The molecule has 212 valence electrons. The molecule has 0 bridgehead atoms. The van der Waals surface area contributed by atoms with Gasteiger partial charge in [-0.25, -0.2) is 9.37 Å². The Balaban J connectivity index is 1.73. The Morgan fingerprint density at radius 1 is 1.12 bits per heavy atom. The summed E-state index contributed by atoms with van der Waals surface area (Å²) in [6, 6.07) is 13.5. The third-order valence-corrected chi connectivity index (χ3v) is 11.6. The molecule has 4 aromatic rings. The van der Waals surface area contributed by atoms with Crippen molar-refractivity contribution in [3.63, 3.8) is 0 Å². The average Bonchev–Trinajstić information content (AvgIpc) is 3.34. The molecule has 7 nitrogen and oxygen atoms in total. The third kappa shape index (κ3) is 6.37. The number of nitrogens with zero attached hydrogens (tertiary/aromatic N) is 3. The lowest BCUT2D eigenvalue weighted by molar-refractivity contribution is 0.413. The number of anilines is 2. The number of imidazole rings is 1. The molecule has 2 aromatic carbocycles. The summed E-state index contributed by atoms with van der Waals surface area (Å²) in [6.07, 6.45) is 7.00. The second-order valence-electron chi connectivity index (χ2n) is 11.6. The Morgan fingerprint density at radius 2 is 1.82 bits per heavy atom. The topological polar surface area (TPSA) is 81.3 Å². The van der Waals surface area contributed by atoms with E-state index in [1.807, 2.05) is 68.2 Å². The number of aryl methyl sites for hydroxylation is 2. The van der Waals surface area contributed by atoms with Crippen LogP contribution >= 0.6 is 0 Å². The lowest BCUT2D eigenvalue weighted by Gasteiger charge is -2.35. The highest BCUT2D eigenvalue weighted by Gasteiger charge is 2.37. The van der Waals surface area contributed by atoms with Crippen molar-refractivity contribution in [2.75, 3.05) is 12.4 Å². The van der Waals surface area contributed by atoms with Crippen LogP contribution in [0.25, 0.3) is 5.69 Å². The number of hydrogen-bond donors (Lipinski definition) is 2. The van der Waals surface area contributed by atoms with Crippen LogP contribution in [0, 0.1) is 12.7 Å². The van der Waals surface area contributed by atoms with E-state index >= 15 is 0 Å². The van der Waals surface area contributed by atoms with Crippen LogP contribution in [0.5, 0.6) is 5.75 Å². The van der Waals surface area contributed by atoms with E-state index in [1.54, 1.807) is 30.1 Å². The van der Waals surface area contributed by atoms with E-state index in [9.17, 15) is 14.0 Å². The van der Waals surface area contributed by atoms with Gasteiger partial charge in [-0.05, 0) is 86.3 Å². The fraction of sp³-hybridized carbons (Fsp3) is 0.355. The zero-order chi connectivity index (χ0) is 29.2. The Kier molecular flexibility index (Phi) is 8.37. The second-order valence-corrected chi connectivity index (χ2v) is 16.1. The standard InChI is InChI=1S/C31H39FN4O3Si/c1-21-18-35(20-33-21)28-13-12-26(17-29(28)39-5)34-27-16-23(14-15-31(3,4)40(6,7)38)19-36(30(27)37)22(2)24-8-10-25(32)11-9-24/h8-13,16-20,22,34,38H,14-15H2,1-7H3/t22-/m0/s1. The predicted molar refractivity (Wildman–Crippen MR) is 161 cm³/mol. The summed E-state index contributed by atoms with van der Waals surface area (Å²) in [7, 11) is -0.791. The Bertz CT molecular complexity index is 1540. The molecule has 2 N–H and O–H groups in total. The van der Waals surface area contributed by atoms with Gasteiger partial charge >= 0.3 is 0 Å². The zero-order valence-corrected chi connectivity index (χ0v) is 25.3. The number of benzene rings is 2. The van der Waals surface area contributed by atoms with Gasteiger partial charge in [0.1, 0.15) is 17.3 Å². The largest absolute Gasteiger partial charge is 0.494 e. The van der Waals surface area contributed by atoms with E-state index < -0.39 is 8.32 Å².